The Labute approximate surface area is 147 Å². The zero-order chi connectivity index (χ0) is 17.5. The molecule has 0 bridgehead atoms. The summed E-state index contributed by atoms with van der Waals surface area (Å²) < 4.78 is 5.25. The number of benzene rings is 2. The van der Waals surface area contributed by atoms with Gasteiger partial charge >= 0.3 is 0 Å². The summed E-state index contributed by atoms with van der Waals surface area (Å²) in [6, 6.07) is 17.6. The lowest BCUT2D eigenvalue weighted by Gasteiger charge is -2.05. The summed E-state index contributed by atoms with van der Waals surface area (Å²) in [5, 5.41) is 6.89. The van der Waals surface area contributed by atoms with Gasteiger partial charge in [-0.05, 0) is 30.5 Å². The SMILES string of the molecule is CCc1ccc(NC(=O)CCCc2nc(-c3ccccc3)no2)cc1. The van der Waals surface area contributed by atoms with Gasteiger partial charge < -0.3 is 9.84 Å². The normalized spacial score (nSPS) is 10.6. The number of carbonyl (C=O) groups is 1. The highest BCUT2D eigenvalue weighted by Gasteiger charge is 2.09. The first-order chi connectivity index (χ1) is 12.2. The molecule has 0 aliphatic heterocycles. The molecular formula is C20H21N3O2. The van der Waals surface area contributed by atoms with Gasteiger partial charge in [-0.15, -0.1) is 0 Å². The molecule has 3 rings (SSSR count). The molecule has 1 heterocycles. The first-order valence-electron chi connectivity index (χ1n) is 8.51. The number of amides is 1. The maximum absolute atomic E-state index is 12.0. The van der Waals surface area contributed by atoms with E-state index in [4.69, 9.17) is 4.52 Å². The average Bonchev–Trinajstić information content (AvgIpc) is 3.12. The molecule has 5 heteroatoms. The molecule has 1 N–H and O–H groups in total. The molecular weight excluding hydrogens is 314 g/mol. The van der Waals surface area contributed by atoms with Gasteiger partial charge in [0, 0.05) is 24.1 Å². The molecule has 0 saturated carbocycles. The van der Waals surface area contributed by atoms with E-state index >= 15 is 0 Å². The van der Waals surface area contributed by atoms with Crippen LogP contribution in [0.15, 0.2) is 59.1 Å². The Kier molecular flexibility index (Phi) is 5.57. The second kappa shape index (κ2) is 8.24. The summed E-state index contributed by atoms with van der Waals surface area (Å²) in [4.78, 5) is 16.4. The van der Waals surface area contributed by atoms with E-state index in [2.05, 4.69) is 22.4 Å². The molecule has 0 fully saturated rings. The van der Waals surface area contributed by atoms with Crippen LogP contribution in [0.2, 0.25) is 0 Å². The molecule has 0 saturated heterocycles. The maximum atomic E-state index is 12.0. The fourth-order valence-corrected chi connectivity index (χ4v) is 2.51. The Bertz CT molecular complexity index is 810. The van der Waals surface area contributed by atoms with Crippen LogP contribution in [0.1, 0.15) is 31.2 Å². The lowest BCUT2D eigenvalue weighted by Crippen LogP contribution is -2.11. The molecule has 3 aromatic rings. The third-order valence-electron chi connectivity index (χ3n) is 3.94. The van der Waals surface area contributed by atoms with Crippen LogP contribution in [-0.4, -0.2) is 16.0 Å². The van der Waals surface area contributed by atoms with Crippen molar-refractivity contribution < 1.29 is 9.32 Å². The number of nitrogens with zero attached hydrogens (tertiary/aromatic N) is 2. The molecule has 128 valence electrons. The van der Waals surface area contributed by atoms with Gasteiger partial charge in [0.15, 0.2) is 0 Å². The van der Waals surface area contributed by atoms with Crippen molar-refractivity contribution in [3.63, 3.8) is 0 Å². The predicted octanol–water partition coefficient (Wildman–Crippen LogP) is 4.26. The summed E-state index contributed by atoms with van der Waals surface area (Å²) in [7, 11) is 0. The number of nitrogens with one attached hydrogen (secondary N) is 1. The van der Waals surface area contributed by atoms with Gasteiger partial charge in [0.25, 0.3) is 0 Å². The molecule has 1 aromatic heterocycles. The van der Waals surface area contributed by atoms with Crippen LogP contribution in [0.3, 0.4) is 0 Å². The highest BCUT2D eigenvalue weighted by atomic mass is 16.5. The number of aryl methyl sites for hydroxylation is 2. The second-order valence-electron chi connectivity index (χ2n) is 5.83. The van der Waals surface area contributed by atoms with E-state index in [1.807, 2.05) is 54.6 Å². The number of anilines is 1. The first kappa shape index (κ1) is 16.9. The number of aromatic nitrogens is 2. The van der Waals surface area contributed by atoms with E-state index in [1.54, 1.807) is 0 Å². The molecule has 2 aromatic carbocycles. The van der Waals surface area contributed by atoms with E-state index in [0.29, 0.717) is 31.0 Å². The molecule has 0 aliphatic carbocycles. The van der Waals surface area contributed by atoms with Gasteiger partial charge in [-0.2, -0.15) is 4.98 Å². The molecule has 0 atom stereocenters. The maximum Gasteiger partial charge on any atom is 0.226 e. The Morgan fingerprint density at radius 3 is 2.56 bits per heavy atom. The number of hydrogen-bond acceptors (Lipinski definition) is 4. The van der Waals surface area contributed by atoms with Gasteiger partial charge in [-0.3, -0.25) is 4.79 Å². The fraction of sp³-hybridized carbons (Fsp3) is 0.250. The van der Waals surface area contributed by atoms with Crippen molar-refractivity contribution in [2.75, 3.05) is 5.32 Å². The summed E-state index contributed by atoms with van der Waals surface area (Å²) in [5.41, 5.74) is 3.00. The molecule has 5 nitrogen and oxygen atoms in total. The quantitative estimate of drug-likeness (QED) is 0.700. The van der Waals surface area contributed by atoms with Crippen LogP contribution in [0.4, 0.5) is 5.69 Å². The van der Waals surface area contributed by atoms with Crippen molar-refractivity contribution in [1.82, 2.24) is 10.1 Å². The minimum atomic E-state index is -0.00736. The molecule has 1 amide bonds. The predicted molar refractivity (Wildman–Crippen MR) is 97.1 cm³/mol. The van der Waals surface area contributed by atoms with E-state index < -0.39 is 0 Å². The molecule has 0 aliphatic rings. The van der Waals surface area contributed by atoms with E-state index in [9.17, 15) is 4.79 Å². The van der Waals surface area contributed by atoms with Crippen molar-refractivity contribution in [3.05, 3.63) is 66.1 Å². The zero-order valence-corrected chi connectivity index (χ0v) is 14.2. The third kappa shape index (κ3) is 4.76. The average molecular weight is 335 g/mol. The van der Waals surface area contributed by atoms with Crippen LogP contribution in [-0.2, 0) is 17.6 Å². The van der Waals surface area contributed by atoms with E-state index in [0.717, 1.165) is 17.7 Å². The topological polar surface area (TPSA) is 68.0 Å². The summed E-state index contributed by atoms with van der Waals surface area (Å²) in [5.74, 6) is 1.13. The largest absolute Gasteiger partial charge is 0.339 e. The van der Waals surface area contributed by atoms with Crippen molar-refractivity contribution >= 4 is 11.6 Å². The highest BCUT2D eigenvalue weighted by Crippen LogP contribution is 2.16. The first-order valence-corrected chi connectivity index (χ1v) is 8.51. The van der Waals surface area contributed by atoms with Crippen LogP contribution in [0.25, 0.3) is 11.4 Å². The standard InChI is InChI=1S/C20H21N3O2/c1-2-15-11-13-17(14-12-15)21-18(24)9-6-10-19-22-20(23-25-19)16-7-4-3-5-8-16/h3-5,7-8,11-14H,2,6,9-10H2,1H3,(H,21,24). The monoisotopic (exact) mass is 335 g/mol. The number of hydrogen-bond donors (Lipinski definition) is 1. The minimum Gasteiger partial charge on any atom is -0.339 e. The zero-order valence-electron chi connectivity index (χ0n) is 14.2. The number of carbonyl (C=O) groups excluding carboxylic acids is 1. The van der Waals surface area contributed by atoms with Crippen LogP contribution < -0.4 is 5.32 Å². The van der Waals surface area contributed by atoms with Crippen LogP contribution >= 0.6 is 0 Å². The Balaban J connectivity index is 1.46. The van der Waals surface area contributed by atoms with Gasteiger partial charge in [0.1, 0.15) is 0 Å². The molecule has 25 heavy (non-hydrogen) atoms. The van der Waals surface area contributed by atoms with Crippen molar-refractivity contribution in [3.8, 4) is 11.4 Å². The molecule has 0 radical (unpaired) electrons. The molecule has 0 unspecified atom stereocenters. The van der Waals surface area contributed by atoms with Crippen molar-refractivity contribution in [2.45, 2.75) is 32.6 Å². The van der Waals surface area contributed by atoms with Crippen LogP contribution in [0, 0.1) is 0 Å². The Hall–Kier alpha value is -2.95. The van der Waals surface area contributed by atoms with E-state index in [1.165, 1.54) is 5.56 Å². The fourth-order valence-electron chi connectivity index (χ4n) is 2.51. The van der Waals surface area contributed by atoms with Gasteiger partial charge in [0.05, 0.1) is 0 Å². The smallest absolute Gasteiger partial charge is 0.226 e. The second-order valence-corrected chi connectivity index (χ2v) is 5.83. The van der Waals surface area contributed by atoms with E-state index in [-0.39, 0.29) is 5.91 Å². The number of rotatable bonds is 7. The van der Waals surface area contributed by atoms with Crippen molar-refractivity contribution in [1.29, 1.82) is 0 Å². The van der Waals surface area contributed by atoms with Gasteiger partial charge in [-0.25, -0.2) is 0 Å². The van der Waals surface area contributed by atoms with Gasteiger partial charge in [0.2, 0.25) is 17.6 Å². The Morgan fingerprint density at radius 2 is 1.84 bits per heavy atom. The summed E-state index contributed by atoms with van der Waals surface area (Å²) in [6.45, 7) is 2.11. The molecule has 0 spiro atoms. The lowest BCUT2D eigenvalue weighted by atomic mass is 10.1. The summed E-state index contributed by atoms with van der Waals surface area (Å²) in [6.07, 6.45) is 2.65. The summed E-state index contributed by atoms with van der Waals surface area (Å²) >= 11 is 0. The van der Waals surface area contributed by atoms with Crippen molar-refractivity contribution in [2.24, 2.45) is 0 Å². The lowest BCUT2D eigenvalue weighted by molar-refractivity contribution is -0.116. The third-order valence-corrected chi connectivity index (χ3v) is 3.94. The highest BCUT2D eigenvalue weighted by molar-refractivity contribution is 5.90. The van der Waals surface area contributed by atoms with Gasteiger partial charge in [-0.1, -0.05) is 54.5 Å². The Morgan fingerprint density at radius 1 is 1.08 bits per heavy atom. The van der Waals surface area contributed by atoms with Crippen LogP contribution in [0.5, 0.6) is 0 Å². The minimum absolute atomic E-state index is 0.00736.